The lowest BCUT2D eigenvalue weighted by atomic mass is 9.86. The summed E-state index contributed by atoms with van der Waals surface area (Å²) in [5.41, 5.74) is 1.61. The van der Waals surface area contributed by atoms with Crippen molar-refractivity contribution in [3.63, 3.8) is 0 Å². The lowest BCUT2D eigenvalue weighted by molar-refractivity contribution is -0.143. The lowest BCUT2D eigenvalue weighted by Gasteiger charge is -2.29. The van der Waals surface area contributed by atoms with E-state index in [4.69, 9.17) is 0 Å². The number of amides is 1. The molecule has 1 unspecified atom stereocenters. The summed E-state index contributed by atoms with van der Waals surface area (Å²) in [5.74, 6) is -0.569. The van der Waals surface area contributed by atoms with E-state index in [9.17, 15) is 14.7 Å². The molecular formula is C19H25NO3. The van der Waals surface area contributed by atoms with E-state index >= 15 is 0 Å². The molecule has 1 fully saturated rings. The number of rotatable bonds is 4. The first kappa shape index (κ1) is 16.0. The molecule has 1 aromatic carbocycles. The van der Waals surface area contributed by atoms with Crippen LogP contribution in [-0.4, -0.2) is 27.9 Å². The highest BCUT2D eigenvalue weighted by atomic mass is 16.4. The highest BCUT2D eigenvalue weighted by Crippen LogP contribution is 2.31. The first-order valence-corrected chi connectivity index (χ1v) is 8.78. The average molecular weight is 315 g/mol. The maximum Gasteiger partial charge on any atom is 0.326 e. The largest absolute Gasteiger partial charge is 0.480 e. The summed E-state index contributed by atoms with van der Waals surface area (Å²) < 4.78 is 0. The number of nitrogens with zero attached hydrogens (tertiary/aromatic N) is 1. The third-order valence-electron chi connectivity index (χ3n) is 5.29. The Labute approximate surface area is 137 Å². The molecule has 1 aliphatic heterocycles. The summed E-state index contributed by atoms with van der Waals surface area (Å²) in [6.45, 7) is 0.429. The average Bonchev–Trinajstić information content (AvgIpc) is 2.83. The Hall–Kier alpha value is -1.84. The van der Waals surface area contributed by atoms with Gasteiger partial charge in [0.1, 0.15) is 6.04 Å². The van der Waals surface area contributed by atoms with Crippen molar-refractivity contribution in [1.29, 1.82) is 0 Å². The summed E-state index contributed by atoms with van der Waals surface area (Å²) in [7, 11) is 0. The number of aliphatic carboxylic acids is 1. The number of carbonyl (C=O) groups excluding carboxylic acids is 1. The smallest absolute Gasteiger partial charge is 0.326 e. The molecule has 4 heteroatoms. The van der Waals surface area contributed by atoms with Gasteiger partial charge in [0.25, 0.3) is 5.91 Å². The zero-order valence-corrected chi connectivity index (χ0v) is 13.5. The summed E-state index contributed by atoms with van der Waals surface area (Å²) in [5, 5.41) is 9.69. The van der Waals surface area contributed by atoms with Crippen molar-refractivity contribution in [2.75, 3.05) is 0 Å². The second-order valence-corrected chi connectivity index (χ2v) is 6.89. The summed E-state index contributed by atoms with van der Waals surface area (Å²) in [6, 6.07) is 6.76. The molecule has 3 rings (SSSR count). The van der Waals surface area contributed by atoms with E-state index in [0.29, 0.717) is 24.4 Å². The van der Waals surface area contributed by atoms with Crippen LogP contribution in [0.4, 0.5) is 0 Å². The molecule has 1 aromatic rings. The Balaban J connectivity index is 1.72. The molecule has 23 heavy (non-hydrogen) atoms. The van der Waals surface area contributed by atoms with Crippen LogP contribution in [0.1, 0.15) is 67.3 Å². The molecule has 1 atom stereocenters. The molecule has 2 aliphatic rings. The third kappa shape index (κ3) is 3.57. The van der Waals surface area contributed by atoms with Gasteiger partial charge in [-0.15, -0.1) is 0 Å². The molecule has 0 aromatic heterocycles. The summed E-state index contributed by atoms with van der Waals surface area (Å²) >= 11 is 0. The minimum atomic E-state index is -0.867. The fourth-order valence-electron chi connectivity index (χ4n) is 3.98. The number of hydrogen-bond acceptors (Lipinski definition) is 2. The van der Waals surface area contributed by atoms with Gasteiger partial charge in [0.15, 0.2) is 0 Å². The van der Waals surface area contributed by atoms with Gasteiger partial charge in [-0.2, -0.15) is 0 Å². The van der Waals surface area contributed by atoms with Crippen LogP contribution in [0.15, 0.2) is 24.3 Å². The third-order valence-corrected chi connectivity index (χ3v) is 5.29. The molecule has 1 amide bonds. The predicted octanol–water partition coefficient (Wildman–Crippen LogP) is 3.85. The van der Waals surface area contributed by atoms with Crippen molar-refractivity contribution in [3.05, 3.63) is 35.4 Å². The lowest BCUT2D eigenvalue weighted by Crippen LogP contribution is -2.42. The second-order valence-electron chi connectivity index (χ2n) is 6.89. The molecule has 0 spiro atoms. The molecule has 1 heterocycles. The molecule has 0 radical (unpaired) electrons. The molecule has 4 nitrogen and oxygen atoms in total. The fraction of sp³-hybridized carbons (Fsp3) is 0.579. The van der Waals surface area contributed by atoms with Gasteiger partial charge < -0.3 is 10.0 Å². The van der Waals surface area contributed by atoms with Crippen LogP contribution in [0.2, 0.25) is 0 Å². The Morgan fingerprint density at radius 1 is 1.13 bits per heavy atom. The summed E-state index contributed by atoms with van der Waals surface area (Å²) in [6.07, 6.45) is 8.96. The number of carboxylic acids is 1. The van der Waals surface area contributed by atoms with E-state index < -0.39 is 12.0 Å². The number of carbonyl (C=O) groups is 2. The van der Waals surface area contributed by atoms with Crippen LogP contribution in [0.5, 0.6) is 0 Å². The van der Waals surface area contributed by atoms with Gasteiger partial charge in [-0.05, 0) is 24.0 Å². The van der Waals surface area contributed by atoms with E-state index in [0.717, 1.165) is 18.4 Å². The molecule has 0 saturated heterocycles. The molecular weight excluding hydrogens is 290 g/mol. The van der Waals surface area contributed by atoms with E-state index in [1.807, 2.05) is 18.2 Å². The van der Waals surface area contributed by atoms with Crippen molar-refractivity contribution in [2.24, 2.45) is 5.92 Å². The van der Waals surface area contributed by atoms with Crippen molar-refractivity contribution in [1.82, 2.24) is 4.90 Å². The quantitative estimate of drug-likeness (QED) is 0.918. The Morgan fingerprint density at radius 3 is 2.43 bits per heavy atom. The van der Waals surface area contributed by atoms with Gasteiger partial charge in [0.2, 0.25) is 0 Å². The predicted molar refractivity (Wildman–Crippen MR) is 88.2 cm³/mol. The van der Waals surface area contributed by atoms with Crippen LogP contribution in [0.3, 0.4) is 0 Å². The number of carboxylic acid groups (broad SMARTS) is 1. The van der Waals surface area contributed by atoms with Crippen LogP contribution >= 0.6 is 0 Å². The van der Waals surface area contributed by atoms with Crippen LogP contribution in [0, 0.1) is 5.92 Å². The Bertz CT molecular complexity index is 576. The Kier molecular flexibility index (Phi) is 4.99. The first-order chi connectivity index (χ1) is 11.2. The number of hydrogen-bond donors (Lipinski definition) is 1. The van der Waals surface area contributed by atoms with Crippen LogP contribution in [0.25, 0.3) is 0 Å². The van der Waals surface area contributed by atoms with E-state index in [-0.39, 0.29) is 5.91 Å². The maximum absolute atomic E-state index is 12.6. The van der Waals surface area contributed by atoms with Crippen molar-refractivity contribution < 1.29 is 14.7 Å². The first-order valence-electron chi connectivity index (χ1n) is 8.78. The Morgan fingerprint density at radius 2 is 1.78 bits per heavy atom. The van der Waals surface area contributed by atoms with Crippen LogP contribution in [-0.2, 0) is 11.3 Å². The van der Waals surface area contributed by atoms with E-state index in [1.165, 1.54) is 32.1 Å². The second kappa shape index (κ2) is 7.16. The zero-order valence-electron chi connectivity index (χ0n) is 13.5. The summed E-state index contributed by atoms with van der Waals surface area (Å²) in [4.78, 5) is 25.9. The van der Waals surface area contributed by atoms with Gasteiger partial charge in [-0.3, -0.25) is 4.79 Å². The molecule has 0 bridgehead atoms. The monoisotopic (exact) mass is 315 g/mol. The van der Waals surface area contributed by atoms with Crippen molar-refractivity contribution in [2.45, 2.75) is 64.0 Å². The fourth-order valence-corrected chi connectivity index (χ4v) is 3.98. The molecule has 1 N–H and O–H groups in total. The van der Waals surface area contributed by atoms with Gasteiger partial charge in [-0.25, -0.2) is 4.79 Å². The van der Waals surface area contributed by atoms with Gasteiger partial charge >= 0.3 is 5.97 Å². The van der Waals surface area contributed by atoms with Crippen LogP contribution < -0.4 is 0 Å². The highest BCUT2D eigenvalue weighted by Gasteiger charge is 2.37. The number of benzene rings is 1. The van der Waals surface area contributed by atoms with Crippen molar-refractivity contribution >= 4 is 11.9 Å². The van der Waals surface area contributed by atoms with Gasteiger partial charge in [0, 0.05) is 12.1 Å². The van der Waals surface area contributed by atoms with E-state index in [2.05, 4.69) is 0 Å². The van der Waals surface area contributed by atoms with Gasteiger partial charge in [-0.1, -0.05) is 63.1 Å². The standard InChI is InChI=1S/C19H25NO3/c21-18-16-11-7-6-10-15(16)13-20(18)17(19(22)23)12-14-8-4-2-1-3-5-9-14/h6-7,10-11,14,17H,1-5,8-9,12-13H2,(H,22,23). The highest BCUT2D eigenvalue weighted by molar-refractivity contribution is 6.00. The van der Waals surface area contributed by atoms with Crippen molar-refractivity contribution in [3.8, 4) is 0 Å². The number of fused-ring (bicyclic) bond motifs is 1. The maximum atomic E-state index is 12.6. The normalized spacial score (nSPS) is 20.7. The molecule has 1 aliphatic carbocycles. The van der Waals surface area contributed by atoms with Gasteiger partial charge in [0.05, 0.1) is 0 Å². The topological polar surface area (TPSA) is 57.6 Å². The SMILES string of the molecule is O=C(O)C(CC1CCCCCCC1)N1Cc2ccccc2C1=O. The van der Waals surface area contributed by atoms with E-state index in [1.54, 1.807) is 11.0 Å². The minimum Gasteiger partial charge on any atom is -0.480 e. The molecule has 124 valence electrons. The zero-order chi connectivity index (χ0) is 16.2. The molecule has 1 saturated carbocycles. The minimum absolute atomic E-state index is 0.126.